The molecular formula is C89H104F2N8O16. The number of ether oxygens (including phenoxy) is 8. The topological polar surface area (TPSA) is 254 Å². The second-order valence-electron chi connectivity index (χ2n) is 28.1. The second kappa shape index (κ2) is 44.1. The van der Waals surface area contributed by atoms with Crippen molar-refractivity contribution in [3.05, 3.63) is 245 Å². The summed E-state index contributed by atoms with van der Waals surface area (Å²) in [6.45, 7) is 8.54. The van der Waals surface area contributed by atoms with Crippen molar-refractivity contribution in [2.75, 3.05) is 114 Å². The Balaban J connectivity index is 0.000000263. The zero-order valence-corrected chi connectivity index (χ0v) is 66.7. The van der Waals surface area contributed by atoms with Gasteiger partial charge in [0.05, 0.1) is 97.9 Å². The van der Waals surface area contributed by atoms with Gasteiger partial charge in [0.25, 0.3) is 0 Å². The van der Waals surface area contributed by atoms with Crippen LogP contribution in [0.15, 0.2) is 200 Å². The van der Waals surface area contributed by atoms with Gasteiger partial charge in [-0.2, -0.15) is 0 Å². The molecule has 0 spiro atoms. The molecule has 2 heterocycles. The van der Waals surface area contributed by atoms with Crippen molar-refractivity contribution >= 4 is 47.3 Å². The van der Waals surface area contributed by atoms with E-state index in [0.29, 0.717) is 59.6 Å². The molecule has 2 aliphatic heterocycles. The van der Waals surface area contributed by atoms with Gasteiger partial charge < -0.3 is 77.9 Å². The molecule has 10 rings (SSSR count). The van der Waals surface area contributed by atoms with Gasteiger partial charge in [0, 0.05) is 45.8 Å². The number of para-hydroxylation sites is 4. The highest BCUT2D eigenvalue weighted by Gasteiger charge is 2.35. The monoisotopic (exact) mass is 1580 g/mol. The van der Waals surface area contributed by atoms with Crippen LogP contribution in [0, 0.1) is 11.6 Å². The van der Waals surface area contributed by atoms with Crippen LogP contribution in [0.3, 0.4) is 0 Å². The summed E-state index contributed by atoms with van der Waals surface area (Å²) in [5.41, 5.74) is 4.21. The first kappa shape index (κ1) is 87.2. The minimum atomic E-state index is -1.28. The number of halogens is 2. The summed E-state index contributed by atoms with van der Waals surface area (Å²) in [6, 6.07) is 54.2. The molecule has 2 saturated heterocycles. The summed E-state index contributed by atoms with van der Waals surface area (Å²) >= 11 is 0. The molecule has 2 fully saturated rings. The first-order valence-corrected chi connectivity index (χ1v) is 38.5. The predicted octanol–water partition coefficient (Wildman–Crippen LogP) is 11.7. The van der Waals surface area contributed by atoms with Crippen molar-refractivity contribution in [2.24, 2.45) is 0 Å². The van der Waals surface area contributed by atoms with Gasteiger partial charge in [0.1, 0.15) is 83.6 Å². The molecule has 0 radical (unpaired) electrons. The molecule has 8 aromatic carbocycles. The van der Waals surface area contributed by atoms with Gasteiger partial charge in [-0.1, -0.05) is 109 Å². The fraction of sp³-hybridized carbons (Fsp3) is 0.371. The number of hydrogen-bond donors (Lipinski definition) is 2. The number of nitrogens with zero attached hydrogens (tertiary/aromatic N) is 6. The van der Waals surface area contributed by atoms with Crippen molar-refractivity contribution in [3.63, 3.8) is 0 Å². The first-order chi connectivity index (χ1) is 55.5. The Morgan fingerprint density at radius 3 is 1.23 bits per heavy atom. The van der Waals surface area contributed by atoms with E-state index in [1.165, 1.54) is 31.6 Å². The molecule has 2 aliphatic rings. The van der Waals surface area contributed by atoms with E-state index in [1.54, 1.807) is 64.3 Å². The molecule has 8 aromatic rings. The maximum atomic E-state index is 14.6. The number of carbonyl (C=O) groups is 8. The van der Waals surface area contributed by atoms with E-state index in [9.17, 15) is 47.1 Å². The Morgan fingerprint density at radius 1 is 0.426 bits per heavy atom. The molecular weight excluding hydrogens is 1480 g/mol. The standard InChI is InChI=1S/C45H52F2N4O8.C44H52N4O8/c1-31(30-56-3)50-28-42(52)48-40(26-33-24-36(46)27-37(47)25-33)45(55)49(20-18-35-10-8-9-13-41(35)59-39-11-6-5-7-12-39)21-23-58-22-19-43(53)51(29-44(50)54)32(2)34-14-16-38(57-4)17-15-34;1-31-44(52)46(25-23-36-11-9-10-14-40(36)56-39-12-7-6-8-13-39)26-28-55-27-24-42(50)48(33(3)35-17-21-38(54-5)22-18-35)30-43(51)47(29-41(49)45-31)32(2)34-15-19-37(53-4)20-16-34/h5-17,24-25,27,31-32,40H,18-23,26,28-30H2,1-4H3,(H,48,52);6-22,31-33H,23-30H2,1-5H3,(H,45,49)/t31-,32-,40+;31-,32+,33+/m01/s1. The van der Waals surface area contributed by atoms with Gasteiger partial charge in [-0.05, 0) is 166 Å². The predicted molar refractivity (Wildman–Crippen MR) is 429 cm³/mol. The minimum absolute atomic E-state index is 0.00115. The van der Waals surface area contributed by atoms with Gasteiger partial charge in [-0.15, -0.1) is 0 Å². The number of carbonyl (C=O) groups excluding carboxylic acids is 8. The van der Waals surface area contributed by atoms with Crippen LogP contribution in [0.4, 0.5) is 8.78 Å². The maximum absolute atomic E-state index is 14.6. The third-order valence-corrected chi connectivity index (χ3v) is 20.1. The van der Waals surface area contributed by atoms with Gasteiger partial charge in [-0.25, -0.2) is 8.78 Å². The van der Waals surface area contributed by atoms with Crippen molar-refractivity contribution in [1.82, 2.24) is 40.0 Å². The Bertz CT molecular complexity index is 4470. The average Bonchev–Trinajstić information content (AvgIpc) is 0.826. The molecule has 26 heteroatoms. The van der Waals surface area contributed by atoms with Crippen molar-refractivity contribution in [3.8, 4) is 40.2 Å². The van der Waals surface area contributed by atoms with E-state index >= 15 is 0 Å². The average molecular weight is 1580 g/mol. The van der Waals surface area contributed by atoms with Crippen LogP contribution < -0.4 is 34.3 Å². The third kappa shape index (κ3) is 25.9. The number of nitrogens with one attached hydrogen (secondary N) is 2. The van der Waals surface area contributed by atoms with Crippen LogP contribution >= 0.6 is 0 Å². The SMILES string of the molecule is COC[C@H](C)N1CC(=O)N[C@H](Cc2cc(F)cc(F)c2)C(=O)N(CCc2ccccc2Oc2ccccc2)CCOCCC(=O)N([C@@H](C)c2ccc(OC)cc2)CC1=O.COc1ccc([C@H](C)N2CC(=O)N[C@H](C)C(=O)N(CCc3ccccc3Oc3ccccc3)CCOCCC(=O)N([C@@H](C)c3ccc(OC)cc3)CC2=O)cc1. The molecule has 610 valence electrons. The Hall–Kier alpha value is -11.7. The number of benzene rings is 8. The summed E-state index contributed by atoms with van der Waals surface area (Å²) in [7, 11) is 6.17. The molecule has 0 bridgehead atoms. The summed E-state index contributed by atoms with van der Waals surface area (Å²) in [5.74, 6) is -0.718. The number of hydrogen-bond acceptors (Lipinski definition) is 16. The number of methoxy groups -OCH3 is 4. The van der Waals surface area contributed by atoms with E-state index in [1.807, 2.05) is 178 Å². The van der Waals surface area contributed by atoms with Crippen LogP contribution in [0.5, 0.6) is 40.2 Å². The minimum Gasteiger partial charge on any atom is -0.497 e. The Morgan fingerprint density at radius 2 is 0.809 bits per heavy atom. The lowest BCUT2D eigenvalue weighted by molar-refractivity contribution is -0.147. The summed E-state index contributed by atoms with van der Waals surface area (Å²) < 4.78 is 74.4. The quantitative estimate of drug-likeness (QED) is 0.0570. The molecule has 8 amide bonds. The van der Waals surface area contributed by atoms with Crippen LogP contribution in [0.25, 0.3) is 0 Å². The number of amides is 8. The van der Waals surface area contributed by atoms with Crippen LogP contribution in [0.2, 0.25) is 0 Å². The fourth-order valence-corrected chi connectivity index (χ4v) is 13.5. The smallest absolute Gasteiger partial charge is 0.245 e. The molecule has 6 atom stereocenters. The number of rotatable bonds is 24. The molecule has 24 nitrogen and oxygen atoms in total. The van der Waals surface area contributed by atoms with Crippen molar-refractivity contribution in [2.45, 2.75) is 103 Å². The Kier molecular flexibility index (Phi) is 33.4. The molecule has 0 unspecified atom stereocenters. The van der Waals surface area contributed by atoms with E-state index in [4.69, 9.17) is 37.9 Å². The van der Waals surface area contributed by atoms with E-state index < -0.39 is 84.0 Å². The molecule has 0 aliphatic carbocycles. The second-order valence-corrected chi connectivity index (χ2v) is 28.1. The zero-order chi connectivity index (χ0) is 82.3. The lowest BCUT2D eigenvalue weighted by atomic mass is 10.0. The van der Waals surface area contributed by atoms with E-state index in [2.05, 4.69) is 10.6 Å². The van der Waals surface area contributed by atoms with Gasteiger partial charge in [-0.3, -0.25) is 38.4 Å². The van der Waals surface area contributed by atoms with Crippen LogP contribution in [0.1, 0.15) is 99.0 Å². The highest BCUT2D eigenvalue weighted by atomic mass is 19.1. The summed E-state index contributed by atoms with van der Waals surface area (Å²) in [5, 5.41) is 5.60. The van der Waals surface area contributed by atoms with Gasteiger partial charge in [0.15, 0.2) is 0 Å². The fourth-order valence-electron chi connectivity index (χ4n) is 13.5. The molecule has 0 aromatic heterocycles. The Labute approximate surface area is 671 Å². The van der Waals surface area contributed by atoms with Crippen LogP contribution in [-0.4, -0.2) is 209 Å². The molecule has 0 saturated carbocycles. The largest absolute Gasteiger partial charge is 0.497 e. The molecule has 115 heavy (non-hydrogen) atoms. The molecule has 2 N–H and O–H groups in total. The zero-order valence-electron chi connectivity index (χ0n) is 66.7. The third-order valence-electron chi connectivity index (χ3n) is 20.1. The van der Waals surface area contributed by atoms with E-state index in [-0.39, 0.29) is 115 Å². The van der Waals surface area contributed by atoms with Gasteiger partial charge in [0.2, 0.25) is 47.3 Å². The lowest BCUT2D eigenvalue weighted by Crippen LogP contribution is -2.55. The summed E-state index contributed by atoms with van der Waals surface area (Å²) in [6.07, 6.45) is 0.531. The van der Waals surface area contributed by atoms with Crippen molar-refractivity contribution < 1.29 is 85.0 Å². The first-order valence-electron chi connectivity index (χ1n) is 38.5. The van der Waals surface area contributed by atoms with Crippen LogP contribution in [-0.2, 0) is 71.8 Å². The van der Waals surface area contributed by atoms with Gasteiger partial charge >= 0.3 is 0 Å². The van der Waals surface area contributed by atoms with E-state index in [0.717, 1.165) is 46.0 Å². The normalized spacial score (nSPS) is 17.5. The summed E-state index contributed by atoms with van der Waals surface area (Å²) in [4.78, 5) is 121. The maximum Gasteiger partial charge on any atom is 0.245 e. The van der Waals surface area contributed by atoms with Crippen molar-refractivity contribution in [1.29, 1.82) is 0 Å². The highest BCUT2D eigenvalue weighted by molar-refractivity contribution is 5.93. The lowest BCUT2D eigenvalue weighted by Gasteiger charge is -2.35. The highest BCUT2D eigenvalue weighted by Crippen LogP contribution is 2.32.